The minimum Gasteiger partial charge on any atom is -0.497 e. The van der Waals surface area contributed by atoms with Crippen LogP contribution in [-0.4, -0.2) is 23.0 Å². The van der Waals surface area contributed by atoms with E-state index in [0.717, 1.165) is 32.8 Å². The molecule has 0 spiro atoms. The van der Waals surface area contributed by atoms with Crippen LogP contribution < -0.4 is 10.1 Å². The minimum atomic E-state index is -0.314. The lowest BCUT2D eigenvalue weighted by atomic mass is 10.1. The van der Waals surface area contributed by atoms with E-state index in [-0.39, 0.29) is 5.91 Å². The first-order chi connectivity index (χ1) is 13.1. The number of amides is 1. The normalized spacial score (nSPS) is 10.9. The molecule has 27 heavy (non-hydrogen) atoms. The number of hydrogen-bond donors (Lipinski definition) is 2. The van der Waals surface area contributed by atoms with Crippen LogP contribution in [0.25, 0.3) is 22.2 Å². The van der Waals surface area contributed by atoms with Crippen LogP contribution >= 0.6 is 22.9 Å². The summed E-state index contributed by atoms with van der Waals surface area (Å²) in [7, 11) is 1.63. The highest BCUT2D eigenvalue weighted by Gasteiger charge is 2.18. The molecule has 0 bridgehead atoms. The van der Waals surface area contributed by atoms with Gasteiger partial charge in [-0.2, -0.15) is 0 Å². The monoisotopic (exact) mass is 397 g/mol. The Labute approximate surface area is 165 Å². The SMILES string of the molecule is COc1ccc(-c2nc(NC(=O)c3[nH]c4ccccc4c3Cl)sc2C)cc1. The number of carbonyl (C=O) groups excluding carboxylic acids is 1. The van der Waals surface area contributed by atoms with E-state index in [1.54, 1.807) is 7.11 Å². The first-order valence-electron chi connectivity index (χ1n) is 8.26. The van der Waals surface area contributed by atoms with Gasteiger partial charge in [-0.3, -0.25) is 10.1 Å². The van der Waals surface area contributed by atoms with Crippen LogP contribution in [0.5, 0.6) is 5.75 Å². The molecule has 2 aromatic carbocycles. The van der Waals surface area contributed by atoms with Crippen molar-refractivity contribution < 1.29 is 9.53 Å². The van der Waals surface area contributed by atoms with Crippen LogP contribution in [0.15, 0.2) is 48.5 Å². The molecule has 0 aliphatic heterocycles. The van der Waals surface area contributed by atoms with E-state index in [2.05, 4.69) is 15.3 Å². The number of aromatic amines is 1. The van der Waals surface area contributed by atoms with Crippen LogP contribution in [0.3, 0.4) is 0 Å². The maximum Gasteiger partial charge on any atom is 0.275 e. The number of benzene rings is 2. The van der Waals surface area contributed by atoms with Gasteiger partial charge in [-0.05, 0) is 37.3 Å². The molecule has 0 fully saturated rings. The number of para-hydroxylation sites is 1. The Kier molecular flexibility index (Phi) is 4.59. The Morgan fingerprint density at radius 3 is 2.63 bits per heavy atom. The number of nitrogens with one attached hydrogen (secondary N) is 2. The zero-order valence-electron chi connectivity index (χ0n) is 14.7. The standard InChI is InChI=1S/C20H16ClN3O2S/c1-11-17(12-7-9-13(26-2)10-8-12)23-20(27-11)24-19(25)18-16(21)14-5-3-4-6-15(14)22-18/h3-10,22H,1-2H3,(H,23,24,25). The number of methoxy groups -OCH3 is 1. The Balaban J connectivity index is 1.60. The first kappa shape index (κ1) is 17.6. The Morgan fingerprint density at radius 2 is 1.93 bits per heavy atom. The van der Waals surface area contributed by atoms with Crippen molar-refractivity contribution in [2.24, 2.45) is 0 Å². The fourth-order valence-electron chi connectivity index (χ4n) is 2.89. The van der Waals surface area contributed by atoms with Crippen LogP contribution in [-0.2, 0) is 0 Å². The molecule has 4 rings (SSSR count). The second kappa shape index (κ2) is 7.06. The summed E-state index contributed by atoms with van der Waals surface area (Å²) in [5, 5.41) is 4.59. The molecule has 2 heterocycles. The number of aromatic nitrogens is 2. The van der Waals surface area contributed by atoms with Crippen molar-refractivity contribution in [3.63, 3.8) is 0 Å². The van der Waals surface area contributed by atoms with Crippen LogP contribution in [0.2, 0.25) is 5.02 Å². The van der Waals surface area contributed by atoms with Gasteiger partial charge in [-0.25, -0.2) is 4.98 Å². The summed E-state index contributed by atoms with van der Waals surface area (Å²) in [6.45, 7) is 1.98. The summed E-state index contributed by atoms with van der Waals surface area (Å²) >= 11 is 7.78. The van der Waals surface area contributed by atoms with Crippen molar-refractivity contribution >= 4 is 44.9 Å². The summed E-state index contributed by atoms with van der Waals surface area (Å²) in [6.07, 6.45) is 0. The average Bonchev–Trinajstić information content (AvgIpc) is 3.22. The number of anilines is 1. The molecule has 0 saturated carbocycles. The fourth-order valence-corrected chi connectivity index (χ4v) is 4.02. The summed E-state index contributed by atoms with van der Waals surface area (Å²) in [5.41, 5.74) is 2.95. The van der Waals surface area contributed by atoms with Gasteiger partial charge in [0.05, 0.1) is 17.8 Å². The zero-order chi connectivity index (χ0) is 19.0. The van der Waals surface area contributed by atoms with Gasteiger partial charge in [-0.15, -0.1) is 11.3 Å². The number of aryl methyl sites for hydroxylation is 1. The van der Waals surface area contributed by atoms with Crippen molar-refractivity contribution in [3.05, 3.63) is 64.1 Å². The molecule has 2 aromatic heterocycles. The van der Waals surface area contributed by atoms with Crippen LogP contribution in [0, 0.1) is 6.92 Å². The van der Waals surface area contributed by atoms with Crippen LogP contribution in [0.1, 0.15) is 15.4 Å². The quantitative estimate of drug-likeness (QED) is 0.476. The third-order valence-corrected chi connectivity index (χ3v) is 5.53. The number of ether oxygens (including phenoxy) is 1. The van der Waals surface area contributed by atoms with Gasteiger partial charge in [0.1, 0.15) is 11.4 Å². The molecule has 0 atom stereocenters. The molecule has 1 amide bonds. The Morgan fingerprint density at radius 1 is 1.19 bits per heavy atom. The number of H-pyrrole nitrogens is 1. The zero-order valence-corrected chi connectivity index (χ0v) is 16.2. The molecule has 136 valence electrons. The van der Waals surface area contributed by atoms with E-state index in [1.165, 1.54) is 11.3 Å². The van der Waals surface area contributed by atoms with Crippen molar-refractivity contribution in [3.8, 4) is 17.0 Å². The number of nitrogens with zero attached hydrogens (tertiary/aromatic N) is 1. The highest BCUT2D eigenvalue weighted by molar-refractivity contribution is 7.16. The van der Waals surface area contributed by atoms with Crippen molar-refractivity contribution in [2.75, 3.05) is 12.4 Å². The molecule has 0 aliphatic carbocycles. The Bertz CT molecular complexity index is 1130. The number of thiazole rings is 1. The maximum absolute atomic E-state index is 12.7. The van der Waals surface area contributed by atoms with Crippen molar-refractivity contribution in [1.82, 2.24) is 9.97 Å². The summed E-state index contributed by atoms with van der Waals surface area (Å²) in [5.74, 6) is 0.472. The molecule has 4 aromatic rings. The van der Waals surface area contributed by atoms with Gasteiger partial charge in [0, 0.05) is 21.3 Å². The lowest BCUT2D eigenvalue weighted by molar-refractivity contribution is 0.102. The topological polar surface area (TPSA) is 67.0 Å². The largest absolute Gasteiger partial charge is 0.497 e. The van der Waals surface area contributed by atoms with E-state index < -0.39 is 0 Å². The number of fused-ring (bicyclic) bond motifs is 1. The molecule has 7 heteroatoms. The molecular formula is C20H16ClN3O2S. The summed E-state index contributed by atoms with van der Waals surface area (Å²) in [4.78, 5) is 21.3. The molecule has 0 radical (unpaired) electrons. The molecule has 0 aliphatic rings. The van der Waals surface area contributed by atoms with Gasteiger partial charge in [0.2, 0.25) is 0 Å². The van der Waals surface area contributed by atoms with Crippen molar-refractivity contribution in [1.29, 1.82) is 0 Å². The molecule has 2 N–H and O–H groups in total. The van der Waals surface area contributed by atoms with Gasteiger partial charge in [-0.1, -0.05) is 29.8 Å². The van der Waals surface area contributed by atoms with E-state index in [0.29, 0.717) is 15.8 Å². The van der Waals surface area contributed by atoms with Gasteiger partial charge >= 0.3 is 0 Å². The van der Waals surface area contributed by atoms with Gasteiger partial charge < -0.3 is 9.72 Å². The van der Waals surface area contributed by atoms with Crippen molar-refractivity contribution in [2.45, 2.75) is 6.92 Å². The maximum atomic E-state index is 12.7. The lowest BCUT2D eigenvalue weighted by Crippen LogP contribution is -2.12. The van der Waals surface area contributed by atoms with Gasteiger partial charge in [0.25, 0.3) is 5.91 Å². The van der Waals surface area contributed by atoms with Gasteiger partial charge in [0.15, 0.2) is 5.13 Å². The minimum absolute atomic E-state index is 0.314. The third-order valence-electron chi connectivity index (χ3n) is 4.25. The van der Waals surface area contributed by atoms with E-state index in [1.807, 2.05) is 55.5 Å². The number of rotatable bonds is 4. The molecule has 0 saturated heterocycles. The number of carbonyl (C=O) groups is 1. The van der Waals surface area contributed by atoms with E-state index >= 15 is 0 Å². The van der Waals surface area contributed by atoms with E-state index in [4.69, 9.17) is 16.3 Å². The first-order valence-corrected chi connectivity index (χ1v) is 9.45. The highest BCUT2D eigenvalue weighted by Crippen LogP contribution is 2.32. The summed E-state index contributed by atoms with van der Waals surface area (Å²) < 4.78 is 5.19. The predicted octanol–water partition coefficient (Wildman–Crippen LogP) is 5.51. The molecule has 5 nitrogen and oxygen atoms in total. The predicted molar refractivity (Wildman–Crippen MR) is 110 cm³/mol. The lowest BCUT2D eigenvalue weighted by Gasteiger charge is -2.02. The molecule has 0 unspecified atom stereocenters. The summed E-state index contributed by atoms with van der Waals surface area (Å²) in [6, 6.07) is 15.2. The average molecular weight is 398 g/mol. The highest BCUT2D eigenvalue weighted by atomic mass is 35.5. The fraction of sp³-hybridized carbons (Fsp3) is 0.100. The van der Waals surface area contributed by atoms with Crippen LogP contribution in [0.4, 0.5) is 5.13 Å². The second-order valence-electron chi connectivity index (χ2n) is 5.97. The number of hydrogen-bond acceptors (Lipinski definition) is 4. The smallest absolute Gasteiger partial charge is 0.275 e. The third kappa shape index (κ3) is 3.29. The molecular weight excluding hydrogens is 382 g/mol. The van der Waals surface area contributed by atoms with E-state index in [9.17, 15) is 4.79 Å². The Hall–Kier alpha value is -2.83. The number of halogens is 1. The second-order valence-corrected chi connectivity index (χ2v) is 7.55.